The molecule has 0 fully saturated rings. The highest BCUT2D eigenvalue weighted by atomic mass is 32.2. The van der Waals surface area contributed by atoms with Crippen LogP contribution in [0.1, 0.15) is 10.4 Å². The first kappa shape index (κ1) is 9.08. The monoisotopic (exact) mass is 208 g/mol. The molecule has 0 amide bonds. The van der Waals surface area contributed by atoms with E-state index in [9.17, 15) is 4.79 Å². The molecule has 5 heteroatoms. The van der Waals surface area contributed by atoms with E-state index in [2.05, 4.69) is 9.97 Å². The largest absolute Gasteiger partial charge is 0.478 e. The van der Waals surface area contributed by atoms with E-state index < -0.39 is 5.97 Å². The number of aromatic amines is 1. The van der Waals surface area contributed by atoms with Gasteiger partial charge in [0, 0.05) is 4.90 Å². The minimum absolute atomic E-state index is 0.303. The summed E-state index contributed by atoms with van der Waals surface area (Å²) in [5, 5.41) is 8.94. The molecule has 0 bridgehead atoms. The molecule has 0 atom stereocenters. The molecule has 72 valence electrons. The molecule has 0 aliphatic rings. The van der Waals surface area contributed by atoms with E-state index in [-0.39, 0.29) is 0 Å². The third-order valence-electron chi connectivity index (χ3n) is 1.98. The molecule has 1 heterocycles. The van der Waals surface area contributed by atoms with E-state index in [4.69, 9.17) is 5.11 Å². The number of benzene rings is 1. The summed E-state index contributed by atoms with van der Waals surface area (Å²) in [5.41, 5.74) is 1.88. The van der Waals surface area contributed by atoms with Crippen LogP contribution in [0.25, 0.3) is 11.0 Å². The molecule has 14 heavy (non-hydrogen) atoms. The second kappa shape index (κ2) is 3.34. The van der Waals surface area contributed by atoms with Crippen LogP contribution >= 0.6 is 11.8 Å². The lowest BCUT2D eigenvalue weighted by Gasteiger charge is -2.02. The number of rotatable bonds is 2. The fourth-order valence-corrected chi connectivity index (χ4v) is 2.09. The van der Waals surface area contributed by atoms with Crippen molar-refractivity contribution in [2.45, 2.75) is 4.90 Å². The van der Waals surface area contributed by atoms with Crippen molar-refractivity contribution in [1.82, 2.24) is 9.97 Å². The summed E-state index contributed by atoms with van der Waals surface area (Å²) in [6, 6.07) is 3.32. The van der Waals surface area contributed by atoms with Crippen LogP contribution in [-0.4, -0.2) is 27.3 Å². The molecule has 4 nitrogen and oxygen atoms in total. The average Bonchev–Trinajstić information content (AvgIpc) is 2.63. The minimum atomic E-state index is -0.917. The zero-order valence-electron chi connectivity index (χ0n) is 7.44. The van der Waals surface area contributed by atoms with Gasteiger partial charge in [-0.05, 0) is 18.4 Å². The Labute approximate surface area is 84.4 Å². The molecule has 1 aromatic heterocycles. The van der Waals surface area contributed by atoms with Crippen molar-refractivity contribution in [3.05, 3.63) is 24.0 Å². The lowest BCUT2D eigenvalue weighted by atomic mass is 10.2. The summed E-state index contributed by atoms with van der Waals surface area (Å²) in [6.45, 7) is 0. The molecule has 0 saturated carbocycles. The van der Waals surface area contributed by atoms with E-state index in [0.717, 1.165) is 11.0 Å². The average molecular weight is 208 g/mol. The Hall–Kier alpha value is -1.49. The lowest BCUT2D eigenvalue weighted by molar-refractivity contribution is 0.0693. The molecule has 0 aliphatic heterocycles. The van der Waals surface area contributed by atoms with Crippen molar-refractivity contribution < 1.29 is 9.90 Å². The van der Waals surface area contributed by atoms with Crippen LogP contribution in [0, 0.1) is 0 Å². The van der Waals surface area contributed by atoms with Crippen molar-refractivity contribution in [2.24, 2.45) is 0 Å². The van der Waals surface area contributed by atoms with E-state index in [1.807, 2.05) is 6.26 Å². The number of nitrogens with zero attached hydrogens (tertiary/aromatic N) is 1. The molecule has 0 radical (unpaired) electrons. The summed E-state index contributed by atoms with van der Waals surface area (Å²) in [5.74, 6) is -0.917. The van der Waals surface area contributed by atoms with Crippen molar-refractivity contribution in [1.29, 1.82) is 0 Å². The smallest absolute Gasteiger partial charge is 0.336 e. The molecular weight excluding hydrogens is 200 g/mol. The number of hydrogen-bond donors (Lipinski definition) is 2. The number of carbonyl (C=O) groups is 1. The van der Waals surface area contributed by atoms with Gasteiger partial charge in [0.25, 0.3) is 0 Å². The van der Waals surface area contributed by atoms with Crippen molar-refractivity contribution in [3.63, 3.8) is 0 Å². The standard InChI is InChI=1S/C9H8N2O2S/c1-14-8-5(9(12)13)2-3-6-7(8)11-4-10-6/h2-4H,1H3,(H,10,11)(H,12,13). The maximum absolute atomic E-state index is 10.9. The molecule has 2 N–H and O–H groups in total. The Balaban J connectivity index is 2.78. The number of H-pyrrole nitrogens is 1. The minimum Gasteiger partial charge on any atom is -0.478 e. The number of fused-ring (bicyclic) bond motifs is 1. The third-order valence-corrected chi connectivity index (χ3v) is 2.80. The summed E-state index contributed by atoms with van der Waals surface area (Å²) in [4.78, 5) is 18.6. The van der Waals surface area contributed by atoms with Gasteiger partial charge in [-0.3, -0.25) is 0 Å². The van der Waals surface area contributed by atoms with Gasteiger partial charge in [-0.15, -0.1) is 11.8 Å². The van der Waals surface area contributed by atoms with E-state index in [0.29, 0.717) is 10.5 Å². The number of nitrogens with one attached hydrogen (secondary N) is 1. The highest BCUT2D eigenvalue weighted by molar-refractivity contribution is 7.98. The Morgan fingerprint density at radius 1 is 1.57 bits per heavy atom. The summed E-state index contributed by atoms with van der Waals surface area (Å²) < 4.78 is 0. The zero-order valence-corrected chi connectivity index (χ0v) is 8.26. The van der Waals surface area contributed by atoms with Crippen LogP contribution in [0.3, 0.4) is 0 Å². The first-order chi connectivity index (χ1) is 6.74. The van der Waals surface area contributed by atoms with Crippen LogP contribution in [0.4, 0.5) is 0 Å². The number of aromatic nitrogens is 2. The van der Waals surface area contributed by atoms with Crippen molar-refractivity contribution in [3.8, 4) is 0 Å². The summed E-state index contributed by atoms with van der Waals surface area (Å²) >= 11 is 1.39. The second-order valence-corrected chi connectivity index (χ2v) is 3.57. The van der Waals surface area contributed by atoms with Crippen molar-refractivity contribution >= 4 is 28.8 Å². The number of carboxylic acid groups (broad SMARTS) is 1. The topological polar surface area (TPSA) is 66.0 Å². The predicted molar refractivity (Wildman–Crippen MR) is 54.8 cm³/mol. The Kier molecular flexibility index (Phi) is 2.17. The highest BCUT2D eigenvalue weighted by Gasteiger charge is 2.13. The van der Waals surface area contributed by atoms with E-state index in [1.54, 1.807) is 18.5 Å². The van der Waals surface area contributed by atoms with Crippen LogP contribution in [-0.2, 0) is 0 Å². The fourth-order valence-electron chi connectivity index (χ4n) is 1.36. The quantitative estimate of drug-likeness (QED) is 0.740. The van der Waals surface area contributed by atoms with Gasteiger partial charge in [-0.1, -0.05) is 0 Å². The molecule has 0 spiro atoms. The van der Waals surface area contributed by atoms with Gasteiger partial charge in [0.15, 0.2) is 0 Å². The molecule has 0 unspecified atom stereocenters. The van der Waals surface area contributed by atoms with Gasteiger partial charge < -0.3 is 10.1 Å². The van der Waals surface area contributed by atoms with Gasteiger partial charge in [0.1, 0.15) is 5.52 Å². The maximum Gasteiger partial charge on any atom is 0.336 e. The molecule has 2 aromatic rings. The molecule has 2 rings (SSSR count). The predicted octanol–water partition coefficient (Wildman–Crippen LogP) is 1.98. The number of imidazole rings is 1. The van der Waals surface area contributed by atoms with Crippen LogP contribution in [0.2, 0.25) is 0 Å². The highest BCUT2D eigenvalue weighted by Crippen LogP contribution is 2.27. The van der Waals surface area contributed by atoms with Crippen LogP contribution in [0.5, 0.6) is 0 Å². The van der Waals surface area contributed by atoms with Gasteiger partial charge in [-0.2, -0.15) is 0 Å². The normalized spacial score (nSPS) is 10.6. The Bertz CT molecular complexity index is 493. The van der Waals surface area contributed by atoms with Crippen LogP contribution < -0.4 is 0 Å². The van der Waals surface area contributed by atoms with Gasteiger partial charge >= 0.3 is 5.97 Å². The second-order valence-electron chi connectivity index (χ2n) is 2.75. The molecule has 1 aromatic carbocycles. The van der Waals surface area contributed by atoms with Gasteiger partial charge in [0.2, 0.25) is 0 Å². The molecule has 0 aliphatic carbocycles. The fraction of sp³-hybridized carbons (Fsp3) is 0.111. The van der Waals surface area contributed by atoms with E-state index >= 15 is 0 Å². The number of hydrogen-bond acceptors (Lipinski definition) is 3. The third kappa shape index (κ3) is 1.26. The van der Waals surface area contributed by atoms with E-state index in [1.165, 1.54) is 11.8 Å². The first-order valence-corrected chi connectivity index (χ1v) is 5.20. The van der Waals surface area contributed by atoms with Gasteiger partial charge in [-0.25, -0.2) is 9.78 Å². The lowest BCUT2D eigenvalue weighted by Crippen LogP contribution is -1.98. The van der Waals surface area contributed by atoms with Crippen LogP contribution in [0.15, 0.2) is 23.4 Å². The zero-order chi connectivity index (χ0) is 10.1. The molecular formula is C9H8N2O2S. The maximum atomic E-state index is 10.9. The number of carboxylic acids is 1. The Morgan fingerprint density at radius 3 is 3.00 bits per heavy atom. The molecule has 0 saturated heterocycles. The van der Waals surface area contributed by atoms with Crippen molar-refractivity contribution in [2.75, 3.05) is 6.26 Å². The summed E-state index contributed by atoms with van der Waals surface area (Å²) in [7, 11) is 0. The number of aromatic carboxylic acids is 1. The Morgan fingerprint density at radius 2 is 2.36 bits per heavy atom. The SMILES string of the molecule is CSc1c(C(=O)O)ccc2[nH]cnc12. The first-order valence-electron chi connectivity index (χ1n) is 3.97. The van der Waals surface area contributed by atoms with Gasteiger partial charge in [0.05, 0.1) is 17.4 Å². The summed E-state index contributed by atoms with van der Waals surface area (Å²) in [6.07, 6.45) is 3.41. The number of thioether (sulfide) groups is 1.